The van der Waals surface area contributed by atoms with Gasteiger partial charge in [0.25, 0.3) is 0 Å². The summed E-state index contributed by atoms with van der Waals surface area (Å²) in [6.45, 7) is 1.97. The lowest BCUT2D eigenvalue weighted by Crippen LogP contribution is -2.24. The summed E-state index contributed by atoms with van der Waals surface area (Å²) in [5.74, 6) is 0. The fourth-order valence-electron chi connectivity index (χ4n) is 1.25. The average Bonchev–Trinajstić information content (AvgIpc) is 2.17. The first kappa shape index (κ1) is 11.7. The molecule has 0 bridgehead atoms. The summed E-state index contributed by atoms with van der Waals surface area (Å²) in [6, 6.07) is 8.36. The highest BCUT2D eigenvalue weighted by molar-refractivity contribution is 9.10. The fraction of sp³-hybridized carbons (Fsp3) is 0.455. The van der Waals surface area contributed by atoms with Gasteiger partial charge in [0, 0.05) is 17.6 Å². The maximum Gasteiger partial charge on any atom is 0.0558 e. The van der Waals surface area contributed by atoms with Crippen molar-refractivity contribution in [2.24, 2.45) is 0 Å². The van der Waals surface area contributed by atoms with Crippen molar-refractivity contribution in [2.75, 3.05) is 26.7 Å². The fourth-order valence-corrected chi connectivity index (χ4v) is 1.52. The summed E-state index contributed by atoms with van der Waals surface area (Å²) < 4.78 is 1.12. The summed E-state index contributed by atoms with van der Waals surface area (Å²) in [7, 11) is 2.02. The van der Waals surface area contributed by atoms with E-state index in [1.54, 1.807) is 0 Å². The van der Waals surface area contributed by atoms with Crippen molar-refractivity contribution in [3.05, 3.63) is 34.3 Å². The van der Waals surface area contributed by atoms with Crippen LogP contribution in [0, 0.1) is 0 Å². The summed E-state index contributed by atoms with van der Waals surface area (Å²) >= 11 is 3.41. The first-order chi connectivity index (χ1) is 6.72. The van der Waals surface area contributed by atoms with E-state index in [2.05, 4.69) is 45.1 Å². The van der Waals surface area contributed by atoms with E-state index in [1.165, 1.54) is 5.56 Å². The van der Waals surface area contributed by atoms with E-state index in [0.717, 1.165) is 24.0 Å². The largest absolute Gasteiger partial charge is 0.395 e. The van der Waals surface area contributed by atoms with E-state index in [9.17, 15) is 0 Å². The Morgan fingerprint density at radius 1 is 1.21 bits per heavy atom. The third-order valence-electron chi connectivity index (χ3n) is 2.18. The Morgan fingerprint density at radius 3 is 2.43 bits per heavy atom. The predicted octanol–water partition coefficient (Wildman–Crippen LogP) is 1.92. The van der Waals surface area contributed by atoms with Gasteiger partial charge in [0.1, 0.15) is 0 Å². The molecule has 0 heterocycles. The third kappa shape index (κ3) is 4.22. The molecule has 1 rings (SSSR count). The third-order valence-corrected chi connectivity index (χ3v) is 2.71. The lowest BCUT2D eigenvalue weighted by molar-refractivity contribution is 0.223. The monoisotopic (exact) mass is 257 g/mol. The number of aliphatic hydroxyl groups excluding tert-OH is 1. The van der Waals surface area contributed by atoms with E-state index < -0.39 is 0 Å². The molecule has 0 aromatic heterocycles. The zero-order chi connectivity index (χ0) is 10.4. The van der Waals surface area contributed by atoms with Gasteiger partial charge in [-0.25, -0.2) is 0 Å². The van der Waals surface area contributed by atoms with Crippen molar-refractivity contribution in [1.29, 1.82) is 0 Å². The second-order valence-corrected chi connectivity index (χ2v) is 4.32. The normalized spacial score (nSPS) is 10.9. The molecule has 2 nitrogen and oxygen atoms in total. The molecule has 1 aromatic carbocycles. The number of halogens is 1. The highest BCUT2D eigenvalue weighted by Crippen LogP contribution is 2.10. The van der Waals surface area contributed by atoms with Crippen molar-refractivity contribution < 1.29 is 5.11 Å². The van der Waals surface area contributed by atoms with E-state index >= 15 is 0 Å². The zero-order valence-electron chi connectivity index (χ0n) is 8.41. The first-order valence-electron chi connectivity index (χ1n) is 4.76. The molecule has 1 N–H and O–H groups in total. The molecule has 0 fully saturated rings. The van der Waals surface area contributed by atoms with Gasteiger partial charge in [-0.05, 0) is 31.2 Å². The minimum absolute atomic E-state index is 0.233. The SMILES string of the molecule is CN(CCO)CCc1ccc(Br)cc1. The topological polar surface area (TPSA) is 23.5 Å². The van der Waals surface area contributed by atoms with Gasteiger partial charge in [-0.15, -0.1) is 0 Å². The number of benzene rings is 1. The van der Waals surface area contributed by atoms with Gasteiger partial charge in [-0.3, -0.25) is 0 Å². The number of hydrogen-bond donors (Lipinski definition) is 1. The molecule has 0 aliphatic rings. The van der Waals surface area contributed by atoms with Gasteiger partial charge in [-0.1, -0.05) is 28.1 Å². The van der Waals surface area contributed by atoms with Crippen LogP contribution in [0.1, 0.15) is 5.56 Å². The maximum atomic E-state index is 8.72. The van der Waals surface area contributed by atoms with Crippen LogP contribution < -0.4 is 0 Å². The van der Waals surface area contributed by atoms with E-state index in [0.29, 0.717) is 0 Å². The smallest absolute Gasteiger partial charge is 0.0558 e. The van der Waals surface area contributed by atoms with Gasteiger partial charge < -0.3 is 10.0 Å². The number of likely N-dealkylation sites (N-methyl/N-ethyl adjacent to an activating group) is 1. The Hall–Kier alpha value is -0.380. The molecular weight excluding hydrogens is 242 g/mol. The highest BCUT2D eigenvalue weighted by atomic mass is 79.9. The van der Waals surface area contributed by atoms with Crippen molar-refractivity contribution in [2.45, 2.75) is 6.42 Å². The molecule has 0 amide bonds. The van der Waals surface area contributed by atoms with Crippen molar-refractivity contribution in [3.63, 3.8) is 0 Å². The van der Waals surface area contributed by atoms with Crippen LogP contribution in [0.3, 0.4) is 0 Å². The van der Waals surface area contributed by atoms with Crippen LogP contribution in [0.5, 0.6) is 0 Å². The van der Waals surface area contributed by atoms with Crippen LogP contribution in [0.4, 0.5) is 0 Å². The molecule has 0 aliphatic carbocycles. The predicted molar refractivity (Wildman–Crippen MR) is 62.4 cm³/mol. The Balaban J connectivity index is 2.34. The van der Waals surface area contributed by atoms with Crippen LogP contribution in [0.15, 0.2) is 28.7 Å². The molecule has 0 saturated carbocycles. The minimum Gasteiger partial charge on any atom is -0.395 e. The quantitative estimate of drug-likeness (QED) is 0.872. The summed E-state index contributed by atoms with van der Waals surface area (Å²) in [4.78, 5) is 2.13. The number of rotatable bonds is 5. The van der Waals surface area contributed by atoms with Gasteiger partial charge >= 0.3 is 0 Å². The van der Waals surface area contributed by atoms with Crippen LogP contribution in [-0.2, 0) is 6.42 Å². The van der Waals surface area contributed by atoms with Crippen molar-refractivity contribution >= 4 is 15.9 Å². The second-order valence-electron chi connectivity index (χ2n) is 3.40. The Morgan fingerprint density at radius 2 is 1.86 bits per heavy atom. The molecule has 78 valence electrons. The highest BCUT2D eigenvalue weighted by Gasteiger charge is 1.98. The Kier molecular flexibility index (Phi) is 5.15. The molecular formula is C11H16BrNO. The number of aliphatic hydroxyl groups is 1. The molecule has 0 saturated heterocycles. The Bertz CT molecular complexity index is 260. The average molecular weight is 258 g/mol. The van der Waals surface area contributed by atoms with E-state index in [-0.39, 0.29) is 6.61 Å². The van der Waals surface area contributed by atoms with Crippen LogP contribution in [0.2, 0.25) is 0 Å². The molecule has 0 atom stereocenters. The van der Waals surface area contributed by atoms with Gasteiger partial charge in [-0.2, -0.15) is 0 Å². The van der Waals surface area contributed by atoms with Crippen LogP contribution in [-0.4, -0.2) is 36.8 Å². The maximum absolute atomic E-state index is 8.72. The molecule has 1 aromatic rings. The van der Waals surface area contributed by atoms with Crippen LogP contribution >= 0.6 is 15.9 Å². The lowest BCUT2D eigenvalue weighted by Gasteiger charge is -2.14. The van der Waals surface area contributed by atoms with Crippen molar-refractivity contribution in [3.8, 4) is 0 Å². The lowest BCUT2D eigenvalue weighted by atomic mass is 10.1. The number of nitrogens with zero attached hydrogens (tertiary/aromatic N) is 1. The van der Waals surface area contributed by atoms with Crippen LogP contribution in [0.25, 0.3) is 0 Å². The molecule has 0 radical (unpaired) electrons. The summed E-state index contributed by atoms with van der Waals surface area (Å²) in [5, 5.41) is 8.72. The van der Waals surface area contributed by atoms with Gasteiger partial charge in [0.15, 0.2) is 0 Å². The van der Waals surface area contributed by atoms with Gasteiger partial charge in [0.2, 0.25) is 0 Å². The van der Waals surface area contributed by atoms with E-state index in [1.807, 2.05) is 7.05 Å². The Labute approximate surface area is 93.7 Å². The summed E-state index contributed by atoms with van der Waals surface area (Å²) in [5.41, 5.74) is 1.33. The van der Waals surface area contributed by atoms with Gasteiger partial charge in [0.05, 0.1) is 6.61 Å². The minimum atomic E-state index is 0.233. The standard InChI is InChI=1S/C11H16BrNO/c1-13(8-9-14)7-6-10-2-4-11(12)5-3-10/h2-5,14H,6-9H2,1H3. The molecule has 0 spiro atoms. The zero-order valence-corrected chi connectivity index (χ0v) is 10.00. The van der Waals surface area contributed by atoms with E-state index in [4.69, 9.17) is 5.11 Å². The first-order valence-corrected chi connectivity index (χ1v) is 5.55. The molecule has 3 heteroatoms. The van der Waals surface area contributed by atoms with Crippen molar-refractivity contribution in [1.82, 2.24) is 4.90 Å². The molecule has 0 unspecified atom stereocenters. The molecule has 14 heavy (non-hydrogen) atoms. The second kappa shape index (κ2) is 6.17. The summed E-state index contributed by atoms with van der Waals surface area (Å²) in [6.07, 6.45) is 1.03. The molecule has 0 aliphatic heterocycles. The number of hydrogen-bond acceptors (Lipinski definition) is 2.